The minimum atomic E-state index is 1.16. The van der Waals surface area contributed by atoms with E-state index in [2.05, 4.69) is 45.6 Å². The number of thiophene rings is 1. The lowest BCUT2D eigenvalue weighted by molar-refractivity contribution is 0.962. The third-order valence-electron chi connectivity index (χ3n) is 2.63. The second-order valence-corrected chi connectivity index (χ2v) is 4.95. The van der Waals surface area contributed by atoms with E-state index < -0.39 is 0 Å². The summed E-state index contributed by atoms with van der Waals surface area (Å²) in [5.41, 5.74) is 2.79. The first-order valence-electron chi connectivity index (χ1n) is 6.76. The van der Waals surface area contributed by atoms with Crippen LogP contribution in [-0.4, -0.2) is 0 Å². The topological polar surface area (TPSA) is 0 Å². The van der Waals surface area contributed by atoms with Crippen molar-refractivity contribution in [1.29, 1.82) is 0 Å². The monoisotopic (exact) mass is 262 g/mol. The van der Waals surface area contributed by atoms with Gasteiger partial charge in [-0.25, -0.2) is 0 Å². The van der Waals surface area contributed by atoms with Crippen molar-refractivity contribution in [3.05, 3.63) is 45.7 Å². The Kier molecular flexibility index (Phi) is 9.31. The molecule has 0 fully saturated rings. The fraction of sp³-hybridized carbons (Fsp3) is 0.412. The molecule has 0 radical (unpaired) electrons. The Labute approximate surface area is 117 Å². The van der Waals surface area contributed by atoms with Gasteiger partial charge in [0.15, 0.2) is 0 Å². The smallest absolute Gasteiger partial charge is 0.0308 e. The highest BCUT2D eigenvalue weighted by Gasteiger charge is 2.06. The van der Waals surface area contributed by atoms with Crippen LogP contribution >= 0.6 is 11.3 Å². The summed E-state index contributed by atoms with van der Waals surface area (Å²) in [5.74, 6) is 0. The Morgan fingerprint density at radius 1 is 1.06 bits per heavy atom. The van der Waals surface area contributed by atoms with E-state index in [1.807, 2.05) is 37.3 Å². The van der Waals surface area contributed by atoms with E-state index in [1.165, 1.54) is 27.3 Å². The van der Waals surface area contributed by atoms with Crippen LogP contribution in [0.3, 0.4) is 0 Å². The molecule has 0 saturated carbocycles. The van der Waals surface area contributed by atoms with E-state index in [0.29, 0.717) is 0 Å². The predicted octanol–water partition coefficient (Wildman–Crippen LogP) is 6.40. The predicted molar refractivity (Wildman–Crippen MR) is 88.3 cm³/mol. The second-order valence-electron chi connectivity index (χ2n) is 3.87. The highest BCUT2D eigenvalue weighted by atomic mass is 32.1. The first kappa shape index (κ1) is 16.9. The molecule has 0 bridgehead atoms. The van der Waals surface area contributed by atoms with Gasteiger partial charge in [0.25, 0.3) is 0 Å². The van der Waals surface area contributed by atoms with Crippen LogP contribution in [0.5, 0.6) is 0 Å². The van der Waals surface area contributed by atoms with E-state index in [9.17, 15) is 0 Å². The number of hydrogen-bond donors (Lipinski definition) is 0. The molecule has 1 aromatic heterocycles. The first-order valence-corrected chi connectivity index (χ1v) is 7.58. The van der Waals surface area contributed by atoms with Crippen molar-refractivity contribution in [1.82, 2.24) is 0 Å². The van der Waals surface area contributed by atoms with Gasteiger partial charge >= 0.3 is 0 Å². The molecule has 0 unspecified atom stereocenters. The average Bonchev–Trinajstić information content (AvgIpc) is 2.67. The van der Waals surface area contributed by atoms with Gasteiger partial charge in [0.05, 0.1) is 0 Å². The summed E-state index contributed by atoms with van der Waals surface area (Å²) in [4.78, 5) is 2.73. The van der Waals surface area contributed by atoms with Crippen molar-refractivity contribution in [3.8, 4) is 0 Å². The van der Waals surface area contributed by atoms with Gasteiger partial charge in [0.1, 0.15) is 0 Å². The molecule has 0 saturated heterocycles. The van der Waals surface area contributed by atoms with Gasteiger partial charge in [0, 0.05) is 9.75 Å². The highest BCUT2D eigenvalue weighted by molar-refractivity contribution is 7.14. The Hall–Kier alpha value is -1.08. The largest absolute Gasteiger partial charge is 0.136 e. The van der Waals surface area contributed by atoms with Gasteiger partial charge in [-0.1, -0.05) is 52.0 Å². The van der Waals surface area contributed by atoms with Crippen LogP contribution in [0.2, 0.25) is 0 Å². The van der Waals surface area contributed by atoms with Crippen LogP contribution < -0.4 is 0 Å². The van der Waals surface area contributed by atoms with Crippen molar-refractivity contribution >= 4 is 23.5 Å². The molecule has 1 aromatic rings. The summed E-state index contributed by atoms with van der Waals surface area (Å²) < 4.78 is 0. The molecule has 0 aliphatic rings. The van der Waals surface area contributed by atoms with Crippen molar-refractivity contribution in [2.75, 3.05) is 0 Å². The van der Waals surface area contributed by atoms with E-state index in [1.54, 1.807) is 0 Å². The summed E-state index contributed by atoms with van der Waals surface area (Å²) in [6, 6.07) is 0. The second kappa shape index (κ2) is 9.90. The first-order chi connectivity index (χ1) is 8.70. The molecule has 0 atom stereocenters. The Bertz CT molecular complexity index is 405. The molecule has 18 heavy (non-hydrogen) atoms. The molecule has 1 rings (SSSR count). The third kappa shape index (κ3) is 5.05. The molecule has 0 spiro atoms. The van der Waals surface area contributed by atoms with Crippen LogP contribution in [0.15, 0.2) is 24.8 Å². The maximum absolute atomic E-state index is 3.70. The van der Waals surface area contributed by atoms with Gasteiger partial charge in [-0.3, -0.25) is 0 Å². The van der Waals surface area contributed by atoms with Crippen molar-refractivity contribution < 1.29 is 0 Å². The average molecular weight is 262 g/mol. The number of unbranched alkanes of at least 4 members (excludes halogenated alkanes) is 1. The lowest BCUT2D eigenvalue weighted by Crippen LogP contribution is -1.75. The molecule has 0 aliphatic carbocycles. The Morgan fingerprint density at radius 2 is 1.61 bits per heavy atom. The van der Waals surface area contributed by atoms with Crippen LogP contribution in [-0.2, 0) is 0 Å². The molecule has 100 valence electrons. The molecule has 1 heteroatoms. The van der Waals surface area contributed by atoms with Crippen molar-refractivity contribution in [2.45, 2.75) is 47.5 Å². The quantitative estimate of drug-likeness (QED) is 0.538. The highest BCUT2D eigenvalue weighted by Crippen LogP contribution is 2.29. The van der Waals surface area contributed by atoms with E-state index >= 15 is 0 Å². The van der Waals surface area contributed by atoms with Crippen LogP contribution in [0.25, 0.3) is 12.2 Å². The van der Waals surface area contributed by atoms with Gasteiger partial charge in [-0.2, -0.15) is 0 Å². The lowest BCUT2D eigenvalue weighted by atomic mass is 10.1. The number of hydrogen-bond acceptors (Lipinski definition) is 1. The fourth-order valence-electron chi connectivity index (χ4n) is 1.47. The SMILES string of the molecule is C=C/C=C\c1sc(/C=C\CCC)c(C)c1C.CC. The van der Waals surface area contributed by atoms with Gasteiger partial charge in [0.2, 0.25) is 0 Å². The maximum Gasteiger partial charge on any atom is 0.0308 e. The molecule has 1 heterocycles. The van der Waals surface area contributed by atoms with Gasteiger partial charge in [-0.05, 0) is 43.5 Å². The molecule has 0 amide bonds. The minimum absolute atomic E-state index is 1.16. The normalized spacial score (nSPS) is 10.7. The van der Waals surface area contributed by atoms with Crippen LogP contribution in [0.4, 0.5) is 0 Å². The fourth-order valence-corrected chi connectivity index (χ4v) is 2.63. The minimum Gasteiger partial charge on any atom is -0.136 e. The van der Waals surface area contributed by atoms with E-state index in [-0.39, 0.29) is 0 Å². The van der Waals surface area contributed by atoms with Crippen molar-refractivity contribution in [2.24, 2.45) is 0 Å². The number of rotatable bonds is 5. The standard InChI is InChI=1S/C15H20S.C2H6/c1-5-7-9-11-15-13(4)12(3)14(16-15)10-8-6-2;1-2/h6,8-11H,2,5,7H2,1,3-4H3;1-2H3/b10-8-,11-9-;. The molecule has 0 aromatic carbocycles. The Balaban J connectivity index is 0.00000137. The molecular formula is C17H26S. The summed E-state index contributed by atoms with van der Waals surface area (Å²) in [6.07, 6.45) is 12.8. The zero-order valence-electron chi connectivity index (χ0n) is 12.4. The molecule has 0 aliphatic heterocycles. The van der Waals surface area contributed by atoms with Gasteiger partial charge in [-0.15, -0.1) is 11.3 Å². The summed E-state index contributed by atoms with van der Waals surface area (Å²) in [5, 5.41) is 0. The summed E-state index contributed by atoms with van der Waals surface area (Å²) in [7, 11) is 0. The van der Waals surface area contributed by atoms with Crippen molar-refractivity contribution in [3.63, 3.8) is 0 Å². The van der Waals surface area contributed by atoms with Crippen LogP contribution in [0, 0.1) is 13.8 Å². The zero-order chi connectivity index (χ0) is 14.0. The summed E-state index contributed by atoms with van der Waals surface area (Å²) in [6.45, 7) is 14.3. The molecular weight excluding hydrogens is 236 g/mol. The van der Waals surface area contributed by atoms with E-state index in [0.717, 1.165) is 6.42 Å². The van der Waals surface area contributed by atoms with E-state index in [4.69, 9.17) is 0 Å². The maximum atomic E-state index is 3.70. The summed E-state index contributed by atoms with van der Waals surface area (Å²) >= 11 is 1.86. The zero-order valence-corrected chi connectivity index (χ0v) is 13.2. The number of allylic oxidation sites excluding steroid dienone is 3. The molecule has 0 nitrogen and oxygen atoms in total. The Morgan fingerprint density at radius 3 is 2.11 bits per heavy atom. The third-order valence-corrected chi connectivity index (χ3v) is 3.95. The van der Waals surface area contributed by atoms with Gasteiger partial charge < -0.3 is 0 Å². The van der Waals surface area contributed by atoms with Crippen LogP contribution in [0.1, 0.15) is 54.5 Å². The molecule has 0 N–H and O–H groups in total. The lowest BCUT2D eigenvalue weighted by Gasteiger charge is -1.92.